The highest BCUT2D eigenvalue weighted by Gasteiger charge is 2.18. The molecule has 0 saturated heterocycles. The van der Waals surface area contributed by atoms with Crippen molar-refractivity contribution >= 4 is 17.7 Å². The highest BCUT2D eigenvalue weighted by Crippen LogP contribution is 2.17. The standard InChI is InChI=1S/C13H23N3OS/c1-10(2)12-14-7-8-16(12)11(3)13(17)15-6-5-9-18-4/h7-8,10-11H,5-6,9H2,1-4H3,(H,15,17)/t11-/m0/s1. The summed E-state index contributed by atoms with van der Waals surface area (Å²) < 4.78 is 1.95. The molecule has 1 heterocycles. The first-order chi connectivity index (χ1) is 8.57. The van der Waals surface area contributed by atoms with Gasteiger partial charge in [0.25, 0.3) is 0 Å². The number of carbonyl (C=O) groups is 1. The fourth-order valence-corrected chi connectivity index (χ4v) is 2.23. The lowest BCUT2D eigenvalue weighted by Crippen LogP contribution is -2.32. The molecule has 1 rings (SSSR count). The zero-order chi connectivity index (χ0) is 13.5. The minimum absolute atomic E-state index is 0.0657. The maximum Gasteiger partial charge on any atom is 0.242 e. The van der Waals surface area contributed by atoms with E-state index in [1.165, 1.54) is 0 Å². The molecule has 0 aliphatic carbocycles. The molecule has 1 aromatic rings. The summed E-state index contributed by atoms with van der Waals surface area (Å²) in [6, 6.07) is -0.195. The molecule has 18 heavy (non-hydrogen) atoms. The fraction of sp³-hybridized carbons (Fsp3) is 0.692. The van der Waals surface area contributed by atoms with E-state index in [0.717, 1.165) is 24.5 Å². The van der Waals surface area contributed by atoms with E-state index >= 15 is 0 Å². The van der Waals surface area contributed by atoms with Gasteiger partial charge in [-0.2, -0.15) is 11.8 Å². The summed E-state index contributed by atoms with van der Waals surface area (Å²) in [6.45, 7) is 6.83. The Morgan fingerprint density at radius 1 is 1.50 bits per heavy atom. The predicted octanol–water partition coefficient (Wildman–Crippen LogP) is 2.44. The first-order valence-corrected chi connectivity index (χ1v) is 7.76. The molecule has 0 fully saturated rings. The summed E-state index contributed by atoms with van der Waals surface area (Å²) in [7, 11) is 0. The summed E-state index contributed by atoms with van der Waals surface area (Å²) in [5.74, 6) is 2.43. The average molecular weight is 269 g/mol. The van der Waals surface area contributed by atoms with E-state index in [2.05, 4.69) is 30.4 Å². The zero-order valence-corrected chi connectivity index (χ0v) is 12.5. The van der Waals surface area contributed by atoms with Crippen molar-refractivity contribution in [3.8, 4) is 0 Å². The summed E-state index contributed by atoms with van der Waals surface area (Å²) in [4.78, 5) is 16.3. The van der Waals surface area contributed by atoms with Crippen LogP contribution in [0.2, 0.25) is 0 Å². The van der Waals surface area contributed by atoms with Gasteiger partial charge in [0.1, 0.15) is 11.9 Å². The highest BCUT2D eigenvalue weighted by molar-refractivity contribution is 7.98. The quantitative estimate of drug-likeness (QED) is 0.773. The molecule has 0 spiro atoms. The van der Waals surface area contributed by atoms with E-state index in [9.17, 15) is 4.79 Å². The predicted molar refractivity (Wildman–Crippen MR) is 77.0 cm³/mol. The molecule has 5 heteroatoms. The number of hydrogen-bond donors (Lipinski definition) is 1. The van der Waals surface area contributed by atoms with Gasteiger partial charge in [0.05, 0.1) is 0 Å². The van der Waals surface area contributed by atoms with Gasteiger partial charge in [-0.3, -0.25) is 4.79 Å². The summed E-state index contributed by atoms with van der Waals surface area (Å²) in [5, 5.41) is 2.97. The second kappa shape index (κ2) is 7.46. The minimum Gasteiger partial charge on any atom is -0.354 e. The Balaban J connectivity index is 2.55. The van der Waals surface area contributed by atoms with E-state index in [0.29, 0.717) is 5.92 Å². The van der Waals surface area contributed by atoms with E-state index in [1.807, 2.05) is 17.7 Å². The van der Waals surface area contributed by atoms with Crippen molar-refractivity contribution in [2.75, 3.05) is 18.6 Å². The number of nitrogens with one attached hydrogen (secondary N) is 1. The molecule has 0 unspecified atom stereocenters. The van der Waals surface area contributed by atoms with Crippen molar-refractivity contribution in [2.45, 2.75) is 39.2 Å². The van der Waals surface area contributed by atoms with E-state index < -0.39 is 0 Å². The first kappa shape index (κ1) is 15.1. The summed E-state index contributed by atoms with van der Waals surface area (Å²) in [6.07, 6.45) is 6.72. The molecular weight excluding hydrogens is 246 g/mol. The van der Waals surface area contributed by atoms with Crippen molar-refractivity contribution < 1.29 is 4.79 Å². The lowest BCUT2D eigenvalue weighted by Gasteiger charge is -2.17. The van der Waals surface area contributed by atoms with Gasteiger partial charge in [-0.05, 0) is 25.4 Å². The molecule has 102 valence electrons. The van der Waals surface area contributed by atoms with E-state index in [1.54, 1.807) is 18.0 Å². The first-order valence-electron chi connectivity index (χ1n) is 6.37. The van der Waals surface area contributed by atoms with Crippen LogP contribution in [0.4, 0.5) is 0 Å². The maximum absolute atomic E-state index is 12.0. The third-order valence-electron chi connectivity index (χ3n) is 2.84. The molecule has 0 radical (unpaired) electrons. The van der Waals surface area contributed by atoms with Crippen LogP contribution in [0.3, 0.4) is 0 Å². The minimum atomic E-state index is -0.195. The van der Waals surface area contributed by atoms with Crippen molar-refractivity contribution in [3.63, 3.8) is 0 Å². The second-order valence-electron chi connectivity index (χ2n) is 4.66. The topological polar surface area (TPSA) is 46.9 Å². The maximum atomic E-state index is 12.0. The highest BCUT2D eigenvalue weighted by atomic mass is 32.2. The van der Waals surface area contributed by atoms with Crippen molar-refractivity contribution in [1.82, 2.24) is 14.9 Å². The number of thioether (sulfide) groups is 1. The smallest absolute Gasteiger partial charge is 0.242 e. The lowest BCUT2D eigenvalue weighted by atomic mass is 10.2. The molecule has 0 aliphatic rings. The number of aromatic nitrogens is 2. The lowest BCUT2D eigenvalue weighted by molar-refractivity contribution is -0.123. The van der Waals surface area contributed by atoms with Crippen LogP contribution in [0.25, 0.3) is 0 Å². The zero-order valence-electron chi connectivity index (χ0n) is 11.6. The van der Waals surface area contributed by atoms with Crippen molar-refractivity contribution in [3.05, 3.63) is 18.2 Å². The van der Waals surface area contributed by atoms with E-state index in [4.69, 9.17) is 0 Å². The van der Waals surface area contributed by atoms with Gasteiger partial charge in [0.15, 0.2) is 0 Å². The third-order valence-corrected chi connectivity index (χ3v) is 3.53. The number of amides is 1. The van der Waals surface area contributed by atoms with Crippen LogP contribution >= 0.6 is 11.8 Å². The van der Waals surface area contributed by atoms with Crippen LogP contribution in [-0.2, 0) is 4.79 Å². The summed E-state index contributed by atoms with van der Waals surface area (Å²) in [5.41, 5.74) is 0. The van der Waals surface area contributed by atoms with Crippen LogP contribution in [0.5, 0.6) is 0 Å². The van der Waals surface area contributed by atoms with Gasteiger partial charge in [-0.25, -0.2) is 4.98 Å². The Bertz CT molecular complexity index is 376. The van der Waals surface area contributed by atoms with Crippen molar-refractivity contribution in [1.29, 1.82) is 0 Å². The van der Waals surface area contributed by atoms with Crippen LogP contribution in [0.1, 0.15) is 45.0 Å². The number of imidazole rings is 1. The van der Waals surface area contributed by atoms with Crippen LogP contribution in [0.15, 0.2) is 12.4 Å². The Morgan fingerprint density at radius 3 is 2.83 bits per heavy atom. The number of nitrogens with zero attached hydrogens (tertiary/aromatic N) is 2. The van der Waals surface area contributed by atoms with Crippen molar-refractivity contribution in [2.24, 2.45) is 0 Å². The third kappa shape index (κ3) is 4.05. The van der Waals surface area contributed by atoms with Gasteiger partial charge >= 0.3 is 0 Å². The molecule has 1 amide bonds. The Labute approximate surface area is 114 Å². The summed E-state index contributed by atoms with van der Waals surface area (Å²) >= 11 is 1.80. The molecule has 1 atom stereocenters. The Morgan fingerprint density at radius 2 is 2.22 bits per heavy atom. The van der Waals surface area contributed by atoms with Gasteiger partial charge in [-0.1, -0.05) is 13.8 Å². The molecular formula is C13H23N3OS. The van der Waals surface area contributed by atoms with Gasteiger partial charge in [0.2, 0.25) is 5.91 Å². The molecule has 0 aliphatic heterocycles. The Hall–Kier alpha value is -0.970. The number of carbonyl (C=O) groups excluding carboxylic acids is 1. The molecule has 0 saturated carbocycles. The van der Waals surface area contributed by atoms with E-state index in [-0.39, 0.29) is 11.9 Å². The average Bonchev–Trinajstić information content (AvgIpc) is 2.82. The molecule has 0 bridgehead atoms. The largest absolute Gasteiger partial charge is 0.354 e. The fourth-order valence-electron chi connectivity index (χ4n) is 1.80. The van der Waals surface area contributed by atoms with Gasteiger partial charge in [0, 0.05) is 24.9 Å². The SMILES string of the molecule is CSCCCNC(=O)[C@H](C)n1ccnc1C(C)C. The molecule has 1 N–H and O–H groups in total. The normalized spacial score (nSPS) is 12.7. The number of rotatable bonds is 7. The van der Waals surface area contributed by atoms with Gasteiger partial charge in [-0.15, -0.1) is 0 Å². The van der Waals surface area contributed by atoms with Crippen LogP contribution in [0, 0.1) is 0 Å². The molecule has 4 nitrogen and oxygen atoms in total. The Kier molecular flexibility index (Phi) is 6.25. The number of hydrogen-bond acceptors (Lipinski definition) is 3. The van der Waals surface area contributed by atoms with Crippen LogP contribution in [-0.4, -0.2) is 34.0 Å². The van der Waals surface area contributed by atoms with Crippen LogP contribution < -0.4 is 5.32 Å². The van der Waals surface area contributed by atoms with Gasteiger partial charge < -0.3 is 9.88 Å². The monoisotopic (exact) mass is 269 g/mol. The second-order valence-corrected chi connectivity index (χ2v) is 5.65. The molecule has 1 aromatic heterocycles. The molecule has 0 aromatic carbocycles.